The Labute approximate surface area is 148 Å². The molecule has 2 rings (SSSR count). The van der Waals surface area contributed by atoms with Gasteiger partial charge in [-0.2, -0.15) is 0 Å². The zero-order valence-electron chi connectivity index (χ0n) is 14.1. The smallest absolute Gasteiger partial charge is 0.282 e. The van der Waals surface area contributed by atoms with Crippen molar-refractivity contribution in [3.05, 3.63) is 65.2 Å². The summed E-state index contributed by atoms with van der Waals surface area (Å²) < 4.78 is 5.20. The van der Waals surface area contributed by atoms with Gasteiger partial charge in [-0.05, 0) is 31.2 Å². The molecule has 0 saturated heterocycles. The molecule has 128 valence electrons. The summed E-state index contributed by atoms with van der Waals surface area (Å²) in [6.45, 7) is 4.10. The van der Waals surface area contributed by atoms with Crippen LogP contribution in [0, 0.1) is 0 Å². The van der Waals surface area contributed by atoms with Crippen LogP contribution in [0.25, 0.3) is 0 Å². The van der Waals surface area contributed by atoms with Gasteiger partial charge >= 0.3 is 0 Å². The van der Waals surface area contributed by atoms with E-state index in [-0.39, 0.29) is 11.9 Å². The molecule has 0 aromatic heterocycles. The van der Waals surface area contributed by atoms with E-state index in [1.54, 1.807) is 31.4 Å². The van der Waals surface area contributed by atoms with E-state index < -0.39 is 0 Å². The fourth-order valence-electron chi connectivity index (χ4n) is 2.52. The number of amides is 1. The van der Waals surface area contributed by atoms with E-state index in [9.17, 15) is 4.79 Å². The van der Waals surface area contributed by atoms with Gasteiger partial charge in [0.2, 0.25) is 0 Å². The highest BCUT2D eigenvalue weighted by molar-refractivity contribution is 6.30. The largest absolute Gasteiger partial charge is 0.379 e. The summed E-state index contributed by atoms with van der Waals surface area (Å²) in [6.07, 6.45) is 0. The second kappa shape index (κ2) is 9.42. The van der Waals surface area contributed by atoms with E-state index in [0.717, 1.165) is 23.7 Å². The maximum atomic E-state index is 12.6. The monoisotopic (exact) mass is 347 g/mol. The standard InChI is InChI=1S/C19H23ClN2O2/c1-15(19(23)21-18-10-8-17(20)9-11-18)22(12-13-24-2)14-16-6-4-3-5-7-16/h3-11,15H,12-14H2,1-2H3,(H,21,23)/p+1/t15-/m1/s1. The van der Waals surface area contributed by atoms with Gasteiger partial charge in [0, 0.05) is 23.4 Å². The highest BCUT2D eigenvalue weighted by Crippen LogP contribution is 2.13. The van der Waals surface area contributed by atoms with E-state index in [1.165, 1.54) is 5.56 Å². The average Bonchev–Trinajstić information content (AvgIpc) is 2.60. The van der Waals surface area contributed by atoms with E-state index in [2.05, 4.69) is 17.4 Å². The predicted octanol–water partition coefficient (Wildman–Crippen LogP) is 2.40. The van der Waals surface area contributed by atoms with Crippen LogP contribution in [0.15, 0.2) is 54.6 Å². The van der Waals surface area contributed by atoms with Crippen molar-refractivity contribution in [2.24, 2.45) is 0 Å². The van der Waals surface area contributed by atoms with Crippen molar-refractivity contribution in [2.75, 3.05) is 25.6 Å². The van der Waals surface area contributed by atoms with E-state index >= 15 is 0 Å². The Bertz CT molecular complexity index is 632. The number of carbonyl (C=O) groups is 1. The molecular weight excluding hydrogens is 324 g/mol. The van der Waals surface area contributed by atoms with Gasteiger partial charge in [-0.3, -0.25) is 4.79 Å². The molecule has 24 heavy (non-hydrogen) atoms. The Morgan fingerprint density at radius 1 is 1.17 bits per heavy atom. The van der Waals surface area contributed by atoms with Gasteiger partial charge in [-0.1, -0.05) is 41.9 Å². The normalized spacial score (nSPS) is 13.3. The summed E-state index contributed by atoms with van der Waals surface area (Å²) >= 11 is 5.88. The lowest BCUT2D eigenvalue weighted by Gasteiger charge is -2.25. The van der Waals surface area contributed by atoms with Crippen LogP contribution in [-0.2, 0) is 16.1 Å². The van der Waals surface area contributed by atoms with Gasteiger partial charge in [0.15, 0.2) is 6.04 Å². The van der Waals surface area contributed by atoms with Crippen LogP contribution in [0.4, 0.5) is 5.69 Å². The SMILES string of the molecule is COCC[NH+](Cc1ccccc1)[C@H](C)C(=O)Nc1ccc(Cl)cc1. The minimum absolute atomic E-state index is 0.0145. The average molecular weight is 348 g/mol. The van der Waals surface area contributed by atoms with Gasteiger partial charge in [-0.25, -0.2) is 0 Å². The van der Waals surface area contributed by atoms with Gasteiger partial charge < -0.3 is 15.0 Å². The Morgan fingerprint density at radius 3 is 2.46 bits per heavy atom. The van der Waals surface area contributed by atoms with Crippen LogP contribution in [0.1, 0.15) is 12.5 Å². The lowest BCUT2D eigenvalue weighted by atomic mass is 10.1. The summed E-state index contributed by atoms with van der Waals surface area (Å²) in [5.41, 5.74) is 1.96. The summed E-state index contributed by atoms with van der Waals surface area (Å²) in [6, 6.07) is 17.1. The molecule has 4 nitrogen and oxygen atoms in total. The molecule has 0 bridgehead atoms. The van der Waals surface area contributed by atoms with E-state index in [4.69, 9.17) is 16.3 Å². The minimum Gasteiger partial charge on any atom is -0.379 e. The highest BCUT2D eigenvalue weighted by Gasteiger charge is 2.25. The summed E-state index contributed by atoms with van der Waals surface area (Å²) in [7, 11) is 1.68. The van der Waals surface area contributed by atoms with Crippen molar-refractivity contribution in [2.45, 2.75) is 19.5 Å². The molecule has 1 amide bonds. The third-order valence-electron chi connectivity index (χ3n) is 4.02. The first-order chi connectivity index (χ1) is 11.6. The predicted molar refractivity (Wildman–Crippen MR) is 97.4 cm³/mol. The lowest BCUT2D eigenvalue weighted by Crippen LogP contribution is -3.15. The summed E-state index contributed by atoms with van der Waals surface area (Å²) in [5, 5.41) is 3.60. The Kier molecular flexibility index (Phi) is 7.25. The molecule has 0 aliphatic rings. The molecule has 2 aromatic rings. The van der Waals surface area contributed by atoms with Crippen molar-refractivity contribution in [3.8, 4) is 0 Å². The molecule has 2 atom stereocenters. The number of rotatable bonds is 8. The number of nitrogens with one attached hydrogen (secondary N) is 2. The van der Waals surface area contributed by atoms with Crippen LogP contribution < -0.4 is 10.2 Å². The van der Waals surface area contributed by atoms with Crippen molar-refractivity contribution in [1.29, 1.82) is 0 Å². The highest BCUT2D eigenvalue weighted by atomic mass is 35.5. The zero-order chi connectivity index (χ0) is 17.4. The Morgan fingerprint density at radius 2 is 1.83 bits per heavy atom. The van der Waals surface area contributed by atoms with Gasteiger partial charge in [-0.15, -0.1) is 0 Å². The molecule has 0 aliphatic carbocycles. The molecule has 0 fully saturated rings. The fourth-order valence-corrected chi connectivity index (χ4v) is 2.64. The number of hydrogen-bond acceptors (Lipinski definition) is 2. The minimum atomic E-state index is -0.198. The molecule has 0 saturated carbocycles. The Balaban J connectivity index is 2.03. The first-order valence-electron chi connectivity index (χ1n) is 8.04. The molecule has 5 heteroatoms. The second-order valence-corrected chi connectivity index (χ2v) is 6.22. The summed E-state index contributed by atoms with van der Waals surface area (Å²) in [5.74, 6) is -0.0145. The second-order valence-electron chi connectivity index (χ2n) is 5.78. The Hall–Kier alpha value is -1.88. The third kappa shape index (κ3) is 5.64. The van der Waals surface area contributed by atoms with Crippen LogP contribution in [0.3, 0.4) is 0 Å². The molecule has 0 aliphatic heterocycles. The van der Waals surface area contributed by atoms with Crippen molar-refractivity contribution < 1.29 is 14.4 Å². The molecular formula is C19H24ClN2O2+. The van der Waals surface area contributed by atoms with Crippen molar-refractivity contribution in [3.63, 3.8) is 0 Å². The maximum Gasteiger partial charge on any atom is 0.282 e. The number of quaternary nitrogens is 1. The molecule has 1 unspecified atom stereocenters. The number of anilines is 1. The molecule has 2 aromatic carbocycles. The van der Waals surface area contributed by atoms with Crippen molar-refractivity contribution in [1.82, 2.24) is 0 Å². The van der Waals surface area contributed by atoms with Gasteiger partial charge in [0.1, 0.15) is 13.1 Å². The van der Waals surface area contributed by atoms with Gasteiger partial charge in [0.05, 0.1) is 6.61 Å². The number of benzene rings is 2. The van der Waals surface area contributed by atoms with Crippen LogP contribution in [0.5, 0.6) is 0 Å². The van der Waals surface area contributed by atoms with E-state index in [0.29, 0.717) is 11.6 Å². The van der Waals surface area contributed by atoms with Crippen LogP contribution in [0.2, 0.25) is 5.02 Å². The maximum absolute atomic E-state index is 12.6. The first kappa shape index (κ1) is 18.5. The molecule has 0 spiro atoms. The molecule has 2 N–H and O–H groups in total. The number of carbonyl (C=O) groups excluding carboxylic acids is 1. The third-order valence-corrected chi connectivity index (χ3v) is 4.27. The van der Waals surface area contributed by atoms with Gasteiger partial charge in [0.25, 0.3) is 5.91 Å². The number of ether oxygens (including phenoxy) is 1. The molecule has 0 radical (unpaired) electrons. The zero-order valence-corrected chi connectivity index (χ0v) is 14.8. The lowest BCUT2D eigenvalue weighted by molar-refractivity contribution is -0.927. The van der Waals surface area contributed by atoms with E-state index in [1.807, 2.05) is 25.1 Å². The number of methoxy groups -OCH3 is 1. The summed E-state index contributed by atoms with van der Waals surface area (Å²) in [4.78, 5) is 13.7. The number of hydrogen-bond donors (Lipinski definition) is 2. The van der Waals surface area contributed by atoms with Crippen LogP contribution >= 0.6 is 11.6 Å². The number of halogens is 1. The molecule has 0 heterocycles. The quantitative estimate of drug-likeness (QED) is 0.770. The van der Waals surface area contributed by atoms with Crippen LogP contribution in [-0.4, -0.2) is 32.2 Å². The van der Waals surface area contributed by atoms with Crippen molar-refractivity contribution >= 4 is 23.2 Å². The first-order valence-corrected chi connectivity index (χ1v) is 8.42. The fraction of sp³-hybridized carbons (Fsp3) is 0.316. The topological polar surface area (TPSA) is 42.8 Å².